The molecular formula is C32H37ClN8O6S. The van der Waals surface area contributed by atoms with Crippen LogP contribution in [0.15, 0.2) is 42.6 Å². The number of anilines is 3. The average Bonchev–Trinajstić information content (AvgIpc) is 3.57. The van der Waals surface area contributed by atoms with Gasteiger partial charge in [0.1, 0.15) is 16.2 Å². The van der Waals surface area contributed by atoms with E-state index in [1.54, 1.807) is 36.4 Å². The third kappa shape index (κ3) is 10.1. The van der Waals surface area contributed by atoms with E-state index >= 15 is 0 Å². The maximum absolute atomic E-state index is 13.0. The number of carbonyl (C=O) groups excluding carboxylic acids is 6. The second kappa shape index (κ2) is 17.9. The molecular weight excluding hydrogens is 660 g/mol. The van der Waals surface area contributed by atoms with Crippen molar-refractivity contribution in [2.75, 3.05) is 29.0 Å². The van der Waals surface area contributed by atoms with Crippen LogP contribution >= 0.6 is 23.1 Å². The zero-order valence-corrected chi connectivity index (χ0v) is 27.9. The molecule has 14 nitrogen and oxygen atoms in total. The van der Waals surface area contributed by atoms with E-state index in [1.807, 2.05) is 6.92 Å². The van der Waals surface area contributed by atoms with E-state index in [0.717, 1.165) is 49.1 Å². The molecule has 3 aromatic rings. The number of halogens is 1. The van der Waals surface area contributed by atoms with Crippen LogP contribution in [0.25, 0.3) is 0 Å². The lowest BCUT2D eigenvalue weighted by Gasteiger charge is -2.27. The minimum Gasteiger partial charge on any atom is -0.384 e. The fourth-order valence-electron chi connectivity index (χ4n) is 5.18. The van der Waals surface area contributed by atoms with E-state index in [0.29, 0.717) is 46.6 Å². The first-order valence-electron chi connectivity index (χ1n) is 15.6. The molecule has 2 aromatic heterocycles. The molecule has 2 aliphatic heterocycles. The molecule has 0 bridgehead atoms. The monoisotopic (exact) mass is 696 g/mol. The summed E-state index contributed by atoms with van der Waals surface area (Å²) in [6.07, 6.45) is 8.70. The van der Waals surface area contributed by atoms with E-state index in [9.17, 15) is 28.8 Å². The summed E-state index contributed by atoms with van der Waals surface area (Å²) >= 11 is 6.93. The summed E-state index contributed by atoms with van der Waals surface area (Å²) in [5.74, 6) is -2.00. The minimum atomic E-state index is -0.959. The van der Waals surface area contributed by atoms with E-state index in [-0.39, 0.29) is 24.4 Å². The Morgan fingerprint density at radius 3 is 2.46 bits per heavy atom. The van der Waals surface area contributed by atoms with Crippen LogP contribution in [0.4, 0.5) is 21.2 Å². The van der Waals surface area contributed by atoms with E-state index in [2.05, 4.69) is 35.9 Å². The van der Waals surface area contributed by atoms with Crippen LogP contribution in [-0.2, 0) is 14.4 Å². The van der Waals surface area contributed by atoms with Gasteiger partial charge in [-0.25, -0.2) is 9.78 Å². The summed E-state index contributed by atoms with van der Waals surface area (Å²) in [6.45, 7) is 3.25. The first kappa shape index (κ1) is 36.0. The molecule has 48 heavy (non-hydrogen) atoms. The molecule has 0 spiro atoms. The number of nitrogens with zero attached hydrogens (tertiary/aromatic N) is 3. The van der Waals surface area contributed by atoms with Gasteiger partial charge in [0.15, 0.2) is 0 Å². The zero-order chi connectivity index (χ0) is 34.5. The van der Waals surface area contributed by atoms with Gasteiger partial charge in [0.05, 0.1) is 16.8 Å². The highest BCUT2D eigenvalue weighted by atomic mass is 35.5. The standard InChI is InChI=1S/C22H28N4O5.C10H9ClN4OS/c27-14-23-12-5-3-1-2-4-6-13-24-16-9-7-8-15-19(16)22(31)26(21(15)30)17-10-11-18(28)25-20(17)29;1-6-4-9(17-15-6)14-10(16)13-7-2-3-12-8(11)5-7/h7-9,14,17,24H,1-6,10-13H2,(H,23,27)(H,25,28,29);2-5H,1H3,(H2,12,13,14,16). The van der Waals surface area contributed by atoms with Crippen molar-refractivity contribution in [3.05, 3.63) is 64.6 Å². The Balaban J connectivity index is 0.000000257. The Bertz CT molecular complexity index is 1650. The maximum atomic E-state index is 13.0. The van der Waals surface area contributed by atoms with Gasteiger partial charge in [-0.3, -0.25) is 39.5 Å². The number of nitrogens with one attached hydrogen (secondary N) is 5. The number of urea groups is 1. The Labute approximate surface area is 286 Å². The zero-order valence-electron chi connectivity index (χ0n) is 26.3. The number of pyridine rings is 1. The normalized spacial score (nSPS) is 15.2. The molecule has 7 amide bonds. The number of hydrogen-bond donors (Lipinski definition) is 5. The predicted molar refractivity (Wildman–Crippen MR) is 182 cm³/mol. The molecule has 1 fully saturated rings. The van der Waals surface area contributed by atoms with Gasteiger partial charge in [0.25, 0.3) is 11.8 Å². The van der Waals surface area contributed by atoms with Crippen LogP contribution in [0.3, 0.4) is 0 Å². The van der Waals surface area contributed by atoms with Gasteiger partial charge < -0.3 is 16.0 Å². The molecule has 2 aliphatic rings. The van der Waals surface area contributed by atoms with Crippen molar-refractivity contribution in [1.82, 2.24) is 24.9 Å². The van der Waals surface area contributed by atoms with Crippen LogP contribution in [0.2, 0.25) is 5.15 Å². The third-order valence-electron chi connectivity index (χ3n) is 7.46. The highest BCUT2D eigenvalue weighted by Gasteiger charge is 2.45. The SMILES string of the molecule is Cc1cc(NC(=O)Nc2ccnc(Cl)c2)sn1.O=CNCCCCCCCCNc1cccc2c1C(=O)N(C1CCC(=O)NC1=O)C2=O. The quantitative estimate of drug-likeness (QED) is 0.0686. The van der Waals surface area contributed by atoms with E-state index < -0.39 is 29.7 Å². The molecule has 1 unspecified atom stereocenters. The number of aromatic nitrogens is 2. The minimum absolute atomic E-state index is 0.0997. The van der Waals surface area contributed by atoms with Crippen LogP contribution < -0.4 is 26.6 Å². The number of carbonyl (C=O) groups is 6. The van der Waals surface area contributed by atoms with Gasteiger partial charge in [-0.15, -0.1) is 0 Å². The number of piperidine rings is 1. The number of aryl methyl sites for hydroxylation is 1. The molecule has 1 aromatic carbocycles. The summed E-state index contributed by atoms with van der Waals surface area (Å²) < 4.78 is 4.06. The fraction of sp³-hybridized carbons (Fsp3) is 0.375. The molecule has 0 aliphatic carbocycles. The summed E-state index contributed by atoms with van der Waals surface area (Å²) in [5.41, 5.74) is 2.62. The van der Waals surface area contributed by atoms with Gasteiger partial charge in [-0.2, -0.15) is 4.37 Å². The third-order valence-corrected chi connectivity index (χ3v) is 8.47. The van der Waals surface area contributed by atoms with Gasteiger partial charge >= 0.3 is 6.03 Å². The molecule has 4 heterocycles. The van der Waals surface area contributed by atoms with Crippen LogP contribution in [-0.4, -0.2) is 69.5 Å². The van der Waals surface area contributed by atoms with Crippen LogP contribution in [0, 0.1) is 6.92 Å². The number of imide groups is 2. The number of rotatable bonds is 14. The molecule has 5 N–H and O–H groups in total. The summed E-state index contributed by atoms with van der Waals surface area (Å²) in [5, 5.41) is 14.4. The number of hydrogen-bond acceptors (Lipinski definition) is 10. The predicted octanol–water partition coefficient (Wildman–Crippen LogP) is 4.73. The van der Waals surface area contributed by atoms with Gasteiger partial charge in [0.2, 0.25) is 18.2 Å². The second-order valence-electron chi connectivity index (χ2n) is 11.1. The maximum Gasteiger partial charge on any atom is 0.324 e. The average molecular weight is 697 g/mol. The van der Waals surface area contributed by atoms with Crippen LogP contribution in [0.1, 0.15) is 77.8 Å². The van der Waals surface area contributed by atoms with Crippen molar-refractivity contribution in [1.29, 1.82) is 0 Å². The topological polar surface area (TPSA) is 192 Å². The molecule has 1 atom stereocenters. The second-order valence-corrected chi connectivity index (χ2v) is 12.3. The highest BCUT2D eigenvalue weighted by Crippen LogP contribution is 2.32. The Kier molecular flexibility index (Phi) is 13.4. The largest absolute Gasteiger partial charge is 0.384 e. The lowest BCUT2D eigenvalue weighted by Crippen LogP contribution is -2.54. The Morgan fingerprint density at radius 2 is 1.77 bits per heavy atom. The Morgan fingerprint density at radius 1 is 1.02 bits per heavy atom. The number of benzene rings is 1. The molecule has 0 radical (unpaired) electrons. The number of fused-ring (bicyclic) bond motifs is 1. The van der Waals surface area contributed by atoms with Crippen molar-refractivity contribution in [2.24, 2.45) is 0 Å². The smallest absolute Gasteiger partial charge is 0.324 e. The summed E-state index contributed by atoms with van der Waals surface area (Å²) in [7, 11) is 0. The van der Waals surface area contributed by atoms with Crippen LogP contribution in [0.5, 0.6) is 0 Å². The molecule has 16 heteroatoms. The number of amides is 7. The highest BCUT2D eigenvalue weighted by molar-refractivity contribution is 7.10. The van der Waals surface area contributed by atoms with Gasteiger partial charge in [-0.05, 0) is 68.1 Å². The van der Waals surface area contributed by atoms with E-state index in [1.165, 1.54) is 17.7 Å². The van der Waals surface area contributed by atoms with Crippen molar-refractivity contribution in [3.8, 4) is 0 Å². The molecule has 1 saturated heterocycles. The summed E-state index contributed by atoms with van der Waals surface area (Å²) in [6, 6.07) is 8.79. The summed E-state index contributed by atoms with van der Waals surface area (Å²) in [4.78, 5) is 76.0. The lowest BCUT2D eigenvalue weighted by atomic mass is 10.0. The van der Waals surface area contributed by atoms with Crippen molar-refractivity contribution < 1.29 is 28.8 Å². The van der Waals surface area contributed by atoms with Crippen molar-refractivity contribution >= 4 is 75.6 Å². The Hall–Kier alpha value is -4.89. The lowest BCUT2D eigenvalue weighted by molar-refractivity contribution is -0.136. The fourth-order valence-corrected chi connectivity index (χ4v) is 6.01. The number of unbranched alkanes of at least 4 members (excludes halogenated alkanes) is 5. The molecule has 0 saturated carbocycles. The molecule has 5 rings (SSSR count). The van der Waals surface area contributed by atoms with Gasteiger partial charge in [0, 0.05) is 37.1 Å². The van der Waals surface area contributed by atoms with E-state index in [4.69, 9.17) is 11.6 Å². The first-order valence-corrected chi connectivity index (χ1v) is 16.7. The molecule has 254 valence electrons. The first-order chi connectivity index (χ1) is 23.2. The van der Waals surface area contributed by atoms with Crippen molar-refractivity contribution in [2.45, 2.75) is 64.3 Å². The van der Waals surface area contributed by atoms with Crippen molar-refractivity contribution in [3.63, 3.8) is 0 Å². The van der Waals surface area contributed by atoms with Gasteiger partial charge in [-0.1, -0.05) is 43.4 Å².